The predicted octanol–water partition coefficient (Wildman–Crippen LogP) is 3.51. The van der Waals surface area contributed by atoms with Crippen LogP contribution in [0.25, 0.3) is 0 Å². The first-order valence-electron chi connectivity index (χ1n) is 7.93. The van der Waals surface area contributed by atoms with E-state index >= 15 is 0 Å². The van der Waals surface area contributed by atoms with Gasteiger partial charge in [-0.05, 0) is 29.8 Å². The number of sulfonamides is 1. The number of methoxy groups -OCH3 is 2. The molecule has 1 aromatic heterocycles. The quantitative estimate of drug-likeness (QED) is 0.594. The third-order valence-electron chi connectivity index (χ3n) is 3.80. The van der Waals surface area contributed by atoms with Crippen LogP contribution in [0.3, 0.4) is 0 Å². The van der Waals surface area contributed by atoms with Crippen molar-refractivity contribution in [3.05, 3.63) is 64.9 Å². The van der Waals surface area contributed by atoms with Crippen LogP contribution in [0, 0.1) is 0 Å². The number of hydrogen-bond donors (Lipinski definition) is 1. The largest absolute Gasteiger partial charge is 0.497 e. The number of nitrogens with zero attached hydrogens (tertiary/aromatic N) is 2. The fourth-order valence-electron chi connectivity index (χ4n) is 2.49. The number of hydrogen-bond acceptors (Lipinski definition) is 5. The number of ether oxygens (including phenoxy) is 2. The Labute approximate surface area is 166 Å². The van der Waals surface area contributed by atoms with Gasteiger partial charge in [-0.25, -0.2) is 8.42 Å². The van der Waals surface area contributed by atoms with Gasteiger partial charge < -0.3 is 9.47 Å². The lowest BCUT2D eigenvalue weighted by atomic mass is 10.2. The van der Waals surface area contributed by atoms with Crippen LogP contribution in [0.4, 0.5) is 5.69 Å². The molecule has 142 valence electrons. The molecule has 9 heteroatoms. The van der Waals surface area contributed by atoms with E-state index in [-0.39, 0.29) is 10.6 Å². The second kappa shape index (κ2) is 8.01. The highest BCUT2D eigenvalue weighted by atomic mass is 79.9. The van der Waals surface area contributed by atoms with Gasteiger partial charge in [0.15, 0.2) is 0 Å². The third-order valence-corrected chi connectivity index (χ3v) is 5.75. The van der Waals surface area contributed by atoms with Crippen LogP contribution in [-0.4, -0.2) is 32.4 Å². The zero-order valence-corrected chi connectivity index (χ0v) is 17.1. The number of nitrogens with one attached hydrogen (secondary N) is 1. The molecule has 0 fully saturated rings. The second-order valence-corrected chi connectivity index (χ2v) is 8.24. The molecule has 0 amide bonds. The lowest BCUT2D eigenvalue weighted by molar-refractivity contribution is 0.386. The molecule has 3 aromatic rings. The topological polar surface area (TPSA) is 82.5 Å². The van der Waals surface area contributed by atoms with E-state index in [2.05, 4.69) is 25.8 Å². The molecule has 0 aliphatic heterocycles. The molecule has 1 heterocycles. The molecule has 27 heavy (non-hydrogen) atoms. The van der Waals surface area contributed by atoms with E-state index in [0.29, 0.717) is 18.0 Å². The highest BCUT2D eigenvalue weighted by molar-refractivity contribution is 9.10. The summed E-state index contributed by atoms with van der Waals surface area (Å²) in [5.41, 5.74) is 1.41. The molecule has 0 spiro atoms. The van der Waals surface area contributed by atoms with Gasteiger partial charge in [0.1, 0.15) is 16.4 Å². The van der Waals surface area contributed by atoms with Crippen LogP contribution in [0.5, 0.6) is 11.5 Å². The van der Waals surface area contributed by atoms with E-state index in [1.807, 2.05) is 24.3 Å². The monoisotopic (exact) mass is 451 g/mol. The lowest BCUT2D eigenvalue weighted by Gasteiger charge is -2.11. The minimum atomic E-state index is -3.84. The molecule has 0 radical (unpaired) electrons. The van der Waals surface area contributed by atoms with E-state index in [1.165, 1.54) is 32.5 Å². The molecular weight excluding hydrogens is 434 g/mol. The fourth-order valence-corrected chi connectivity index (χ4v) is 3.93. The number of halogens is 1. The Morgan fingerprint density at radius 2 is 1.85 bits per heavy atom. The summed E-state index contributed by atoms with van der Waals surface area (Å²) in [5, 5.41) is 4.21. The lowest BCUT2D eigenvalue weighted by Crippen LogP contribution is -2.13. The van der Waals surface area contributed by atoms with E-state index in [9.17, 15) is 8.42 Å². The van der Waals surface area contributed by atoms with Crippen LogP contribution < -0.4 is 14.2 Å². The summed E-state index contributed by atoms with van der Waals surface area (Å²) in [7, 11) is -0.929. The van der Waals surface area contributed by atoms with Crippen molar-refractivity contribution in [2.24, 2.45) is 0 Å². The van der Waals surface area contributed by atoms with Crippen LogP contribution >= 0.6 is 15.9 Å². The van der Waals surface area contributed by atoms with Gasteiger partial charge in [-0.15, -0.1) is 0 Å². The minimum Gasteiger partial charge on any atom is -0.497 e. The zero-order valence-electron chi connectivity index (χ0n) is 14.7. The average Bonchev–Trinajstić information content (AvgIpc) is 3.09. The van der Waals surface area contributed by atoms with Crippen molar-refractivity contribution in [3.63, 3.8) is 0 Å². The summed E-state index contributed by atoms with van der Waals surface area (Å²) in [6, 6.07) is 12.3. The third kappa shape index (κ3) is 4.61. The van der Waals surface area contributed by atoms with Gasteiger partial charge in [0.25, 0.3) is 10.0 Å². The van der Waals surface area contributed by atoms with Crippen molar-refractivity contribution < 1.29 is 17.9 Å². The van der Waals surface area contributed by atoms with Gasteiger partial charge in [-0.3, -0.25) is 9.40 Å². The van der Waals surface area contributed by atoms with E-state index in [1.54, 1.807) is 16.9 Å². The van der Waals surface area contributed by atoms with Crippen molar-refractivity contribution in [2.45, 2.75) is 11.4 Å². The highest BCUT2D eigenvalue weighted by Crippen LogP contribution is 2.29. The molecule has 3 rings (SSSR count). The standard InChI is InChI=1S/C18H18BrN3O4S/c1-25-16-7-8-18(17(9-16)26-2)27(23,24)21-15-10-20-22(12-15)11-13-3-5-14(19)6-4-13/h3-10,12,21H,11H2,1-2H3. The number of benzene rings is 2. The van der Waals surface area contributed by atoms with Crippen LogP contribution in [0.15, 0.2) is 64.2 Å². The second-order valence-electron chi connectivity index (χ2n) is 5.68. The van der Waals surface area contributed by atoms with Crippen molar-refractivity contribution in [1.29, 1.82) is 0 Å². The van der Waals surface area contributed by atoms with Gasteiger partial charge in [0, 0.05) is 16.7 Å². The van der Waals surface area contributed by atoms with Crippen LogP contribution in [0.1, 0.15) is 5.56 Å². The normalized spacial score (nSPS) is 11.2. The van der Waals surface area contributed by atoms with Gasteiger partial charge in [-0.1, -0.05) is 28.1 Å². The Kier molecular flexibility index (Phi) is 5.71. The molecule has 1 N–H and O–H groups in total. The van der Waals surface area contributed by atoms with Crippen molar-refractivity contribution in [3.8, 4) is 11.5 Å². The summed E-state index contributed by atoms with van der Waals surface area (Å²) in [5.74, 6) is 0.706. The van der Waals surface area contributed by atoms with E-state index < -0.39 is 10.0 Å². The first kappa shape index (κ1) is 19.2. The maximum Gasteiger partial charge on any atom is 0.265 e. The van der Waals surface area contributed by atoms with Gasteiger partial charge in [0.2, 0.25) is 0 Å². The maximum absolute atomic E-state index is 12.7. The summed E-state index contributed by atoms with van der Waals surface area (Å²) in [4.78, 5) is 0.0199. The first-order chi connectivity index (χ1) is 12.9. The molecule has 0 aliphatic carbocycles. The van der Waals surface area contributed by atoms with Crippen molar-refractivity contribution >= 4 is 31.6 Å². The van der Waals surface area contributed by atoms with Crippen LogP contribution in [-0.2, 0) is 16.6 Å². The van der Waals surface area contributed by atoms with E-state index in [4.69, 9.17) is 9.47 Å². The fraction of sp³-hybridized carbons (Fsp3) is 0.167. The van der Waals surface area contributed by atoms with Gasteiger partial charge >= 0.3 is 0 Å². The Morgan fingerprint density at radius 1 is 1.11 bits per heavy atom. The van der Waals surface area contributed by atoms with Crippen molar-refractivity contribution in [1.82, 2.24) is 9.78 Å². The molecule has 0 saturated carbocycles. The molecular formula is C18H18BrN3O4S. The Hall–Kier alpha value is -2.52. The smallest absolute Gasteiger partial charge is 0.265 e. The molecule has 0 aliphatic rings. The van der Waals surface area contributed by atoms with Gasteiger partial charge in [0.05, 0.1) is 32.6 Å². The highest BCUT2D eigenvalue weighted by Gasteiger charge is 2.21. The predicted molar refractivity (Wildman–Crippen MR) is 106 cm³/mol. The SMILES string of the molecule is COc1ccc(S(=O)(=O)Nc2cnn(Cc3ccc(Br)cc3)c2)c(OC)c1. The van der Waals surface area contributed by atoms with Crippen LogP contribution in [0.2, 0.25) is 0 Å². The molecule has 0 saturated heterocycles. The number of aromatic nitrogens is 2. The Morgan fingerprint density at radius 3 is 2.52 bits per heavy atom. The molecule has 0 atom stereocenters. The summed E-state index contributed by atoms with van der Waals surface area (Å²) in [6.07, 6.45) is 3.10. The number of rotatable bonds is 7. The Balaban J connectivity index is 1.78. The molecule has 7 nitrogen and oxygen atoms in total. The van der Waals surface area contributed by atoms with Crippen molar-refractivity contribution in [2.75, 3.05) is 18.9 Å². The summed E-state index contributed by atoms with van der Waals surface area (Å²) >= 11 is 3.39. The summed E-state index contributed by atoms with van der Waals surface area (Å²) < 4.78 is 40.9. The average molecular weight is 452 g/mol. The first-order valence-corrected chi connectivity index (χ1v) is 10.2. The zero-order chi connectivity index (χ0) is 19.4. The van der Waals surface area contributed by atoms with Gasteiger partial charge in [-0.2, -0.15) is 5.10 Å². The summed E-state index contributed by atoms with van der Waals surface area (Å²) in [6.45, 7) is 0.529. The Bertz CT molecular complexity index is 1030. The molecule has 2 aromatic carbocycles. The molecule has 0 unspecified atom stereocenters. The number of anilines is 1. The minimum absolute atomic E-state index is 0.0199. The van der Waals surface area contributed by atoms with E-state index in [0.717, 1.165) is 10.0 Å². The maximum atomic E-state index is 12.7. The molecule has 0 bridgehead atoms.